The number of nitrogens with one attached hydrogen (secondary N) is 1. The van der Waals surface area contributed by atoms with Gasteiger partial charge < -0.3 is 19.9 Å². The molecule has 2 aromatic rings. The number of ether oxygens (including phenoxy) is 1. The highest BCUT2D eigenvalue weighted by molar-refractivity contribution is 6.06. The van der Waals surface area contributed by atoms with Crippen LogP contribution in [0.4, 0.5) is 11.4 Å². The lowest BCUT2D eigenvalue weighted by Gasteiger charge is -2.34. The minimum Gasteiger partial charge on any atom is -0.479 e. The first-order valence-corrected chi connectivity index (χ1v) is 9.41. The number of hydrogen-bond acceptors (Lipinski definition) is 4. The van der Waals surface area contributed by atoms with E-state index in [1.165, 1.54) is 0 Å². The van der Waals surface area contributed by atoms with E-state index in [-0.39, 0.29) is 11.8 Å². The number of nitrogens with zero attached hydrogens (tertiary/aromatic N) is 2. The molecule has 28 heavy (non-hydrogen) atoms. The molecule has 0 saturated heterocycles. The Morgan fingerprint density at radius 1 is 1.14 bits per heavy atom. The molecule has 0 aliphatic carbocycles. The van der Waals surface area contributed by atoms with Gasteiger partial charge in [-0.1, -0.05) is 6.07 Å². The quantitative estimate of drug-likeness (QED) is 0.864. The van der Waals surface area contributed by atoms with Crippen molar-refractivity contribution in [2.24, 2.45) is 0 Å². The van der Waals surface area contributed by atoms with Crippen LogP contribution < -0.4 is 15.0 Å². The third kappa shape index (κ3) is 4.17. The molecule has 2 aromatic carbocycles. The van der Waals surface area contributed by atoms with Crippen molar-refractivity contribution in [3.05, 3.63) is 53.1 Å². The number of hydrogen-bond donors (Lipinski definition) is 1. The summed E-state index contributed by atoms with van der Waals surface area (Å²) in [5, 5.41) is 2.92. The van der Waals surface area contributed by atoms with Crippen LogP contribution in [0, 0.1) is 13.8 Å². The van der Waals surface area contributed by atoms with Crippen LogP contribution in [0.3, 0.4) is 0 Å². The lowest BCUT2D eigenvalue weighted by Crippen LogP contribution is -2.46. The van der Waals surface area contributed by atoms with Gasteiger partial charge in [-0.25, -0.2) is 0 Å². The van der Waals surface area contributed by atoms with Crippen molar-refractivity contribution in [2.75, 3.05) is 37.4 Å². The van der Waals surface area contributed by atoms with Crippen LogP contribution in [0.15, 0.2) is 36.4 Å². The molecule has 0 radical (unpaired) electrons. The van der Waals surface area contributed by atoms with Crippen LogP contribution in [-0.4, -0.2) is 50.0 Å². The van der Waals surface area contributed by atoms with Crippen LogP contribution >= 0.6 is 0 Å². The third-order valence-corrected chi connectivity index (χ3v) is 4.97. The second-order valence-electron chi connectivity index (χ2n) is 7.49. The van der Waals surface area contributed by atoms with E-state index >= 15 is 0 Å². The van der Waals surface area contributed by atoms with Gasteiger partial charge in [0.1, 0.15) is 5.75 Å². The fourth-order valence-corrected chi connectivity index (χ4v) is 3.10. The molecule has 0 saturated carbocycles. The Bertz CT molecular complexity index is 908. The number of carbonyl (C=O) groups excluding carboxylic acids is 2. The van der Waals surface area contributed by atoms with Gasteiger partial charge in [0.05, 0.1) is 5.69 Å². The van der Waals surface area contributed by atoms with E-state index in [0.717, 1.165) is 17.7 Å². The maximum atomic E-state index is 12.6. The highest BCUT2D eigenvalue weighted by Crippen LogP contribution is 2.36. The van der Waals surface area contributed by atoms with E-state index in [0.29, 0.717) is 29.2 Å². The van der Waals surface area contributed by atoms with Crippen LogP contribution in [0.1, 0.15) is 28.4 Å². The van der Waals surface area contributed by atoms with E-state index < -0.39 is 6.10 Å². The zero-order chi connectivity index (χ0) is 20.4. The van der Waals surface area contributed by atoms with E-state index in [2.05, 4.69) is 5.32 Å². The van der Waals surface area contributed by atoms with Crippen LogP contribution in [0.5, 0.6) is 5.75 Å². The van der Waals surface area contributed by atoms with Crippen LogP contribution in [0.25, 0.3) is 0 Å². The summed E-state index contributed by atoms with van der Waals surface area (Å²) in [7, 11) is 3.94. The normalized spacial score (nSPS) is 16.0. The van der Waals surface area contributed by atoms with Crippen molar-refractivity contribution in [3.8, 4) is 5.75 Å². The number of anilines is 2. The van der Waals surface area contributed by atoms with E-state index in [1.54, 1.807) is 30.0 Å². The number of fused-ring (bicyclic) bond motifs is 1. The van der Waals surface area contributed by atoms with Gasteiger partial charge in [-0.05, 0) is 76.3 Å². The highest BCUT2D eigenvalue weighted by Gasteiger charge is 2.31. The highest BCUT2D eigenvalue weighted by atomic mass is 16.5. The Balaban J connectivity index is 1.85. The molecule has 3 rings (SSSR count). The Kier molecular flexibility index (Phi) is 5.70. The van der Waals surface area contributed by atoms with Gasteiger partial charge in [-0.2, -0.15) is 0 Å². The molecule has 6 nitrogen and oxygen atoms in total. The molecule has 148 valence electrons. The van der Waals surface area contributed by atoms with Gasteiger partial charge in [0, 0.05) is 24.3 Å². The van der Waals surface area contributed by atoms with Gasteiger partial charge in [-0.3, -0.25) is 9.59 Å². The van der Waals surface area contributed by atoms with Crippen molar-refractivity contribution in [1.29, 1.82) is 0 Å². The maximum Gasteiger partial charge on any atom is 0.267 e. The Morgan fingerprint density at radius 2 is 1.89 bits per heavy atom. The molecule has 0 spiro atoms. The number of carbonyl (C=O) groups is 2. The van der Waals surface area contributed by atoms with Gasteiger partial charge >= 0.3 is 0 Å². The molecule has 0 fully saturated rings. The number of aryl methyl sites for hydroxylation is 2. The maximum absolute atomic E-state index is 12.6. The topological polar surface area (TPSA) is 61.9 Å². The van der Waals surface area contributed by atoms with Crippen molar-refractivity contribution in [2.45, 2.75) is 26.9 Å². The van der Waals surface area contributed by atoms with Crippen molar-refractivity contribution in [1.82, 2.24) is 4.90 Å². The van der Waals surface area contributed by atoms with E-state index in [1.807, 2.05) is 51.0 Å². The molecule has 6 heteroatoms. The SMILES string of the molecule is Cc1ccc(C(=O)Nc2ccc3c(c2)N(CCN(C)C)C(=O)C(C)O3)cc1C. The number of amides is 2. The summed E-state index contributed by atoms with van der Waals surface area (Å²) >= 11 is 0. The third-order valence-electron chi connectivity index (χ3n) is 4.97. The summed E-state index contributed by atoms with van der Waals surface area (Å²) < 4.78 is 5.74. The molecule has 1 unspecified atom stereocenters. The number of likely N-dealkylation sites (N-methyl/N-ethyl adjacent to an activating group) is 1. The zero-order valence-corrected chi connectivity index (χ0v) is 17.1. The molecule has 0 bridgehead atoms. The average Bonchev–Trinajstić information content (AvgIpc) is 2.64. The molecule has 0 aromatic heterocycles. The predicted molar refractivity (Wildman–Crippen MR) is 111 cm³/mol. The van der Waals surface area contributed by atoms with Gasteiger partial charge in [0.25, 0.3) is 11.8 Å². The fraction of sp³-hybridized carbons (Fsp3) is 0.364. The summed E-state index contributed by atoms with van der Waals surface area (Å²) in [6, 6.07) is 11.0. The monoisotopic (exact) mass is 381 g/mol. The van der Waals surface area contributed by atoms with Crippen molar-refractivity contribution < 1.29 is 14.3 Å². The smallest absolute Gasteiger partial charge is 0.267 e. The average molecular weight is 381 g/mol. The Labute approximate surface area is 166 Å². The first-order valence-electron chi connectivity index (χ1n) is 9.41. The lowest BCUT2D eigenvalue weighted by molar-refractivity contribution is -0.125. The molecular formula is C22H27N3O3. The van der Waals surface area contributed by atoms with Gasteiger partial charge in [0.2, 0.25) is 0 Å². The lowest BCUT2D eigenvalue weighted by atomic mass is 10.1. The van der Waals surface area contributed by atoms with Gasteiger partial charge in [-0.15, -0.1) is 0 Å². The standard InChI is InChI=1S/C22H27N3O3/c1-14-6-7-17(12-15(14)2)21(26)23-18-8-9-20-19(13-18)25(11-10-24(4)5)22(27)16(3)28-20/h6-9,12-13,16H,10-11H2,1-5H3,(H,23,26). The van der Waals surface area contributed by atoms with E-state index in [4.69, 9.17) is 4.74 Å². The summed E-state index contributed by atoms with van der Waals surface area (Å²) in [6.45, 7) is 7.04. The zero-order valence-electron chi connectivity index (χ0n) is 17.1. The number of rotatable bonds is 5. The molecule has 1 N–H and O–H groups in total. The second kappa shape index (κ2) is 8.02. The van der Waals surface area contributed by atoms with Crippen molar-refractivity contribution in [3.63, 3.8) is 0 Å². The summed E-state index contributed by atoms with van der Waals surface area (Å²) in [5.41, 5.74) is 4.13. The van der Waals surface area contributed by atoms with Crippen LogP contribution in [0.2, 0.25) is 0 Å². The largest absolute Gasteiger partial charge is 0.479 e. The fourth-order valence-electron chi connectivity index (χ4n) is 3.10. The molecule has 1 atom stereocenters. The first kappa shape index (κ1) is 19.9. The summed E-state index contributed by atoms with van der Waals surface area (Å²) in [4.78, 5) is 29.0. The Hall–Kier alpha value is -2.86. The second-order valence-corrected chi connectivity index (χ2v) is 7.49. The van der Waals surface area contributed by atoms with Gasteiger partial charge in [0.15, 0.2) is 6.10 Å². The molecule has 1 aliphatic heterocycles. The van der Waals surface area contributed by atoms with Crippen LogP contribution in [-0.2, 0) is 4.79 Å². The minimum absolute atomic E-state index is 0.0769. The minimum atomic E-state index is -0.523. The molecular weight excluding hydrogens is 354 g/mol. The Morgan fingerprint density at radius 3 is 2.57 bits per heavy atom. The van der Waals surface area contributed by atoms with E-state index in [9.17, 15) is 9.59 Å². The molecule has 2 amide bonds. The summed E-state index contributed by atoms with van der Waals surface area (Å²) in [6.07, 6.45) is -0.523. The summed E-state index contributed by atoms with van der Waals surface area (Å²) in [5.74, 6) is 0.390. The molecule has 1 heterocycles. The van der Waals surface area contributed by atoms with Crippen molar-refractivity contribution >= 4 is 23.2 Å². The molecule has 1 aliphatic rings. The predicted octanol–water partition coefficient (Wildman–Crippen LogP) is 3.23. The number of benzene rings is 2. The first-order chi connectivity index (χ1) is 13.3.